The number of aromatic nitrogens is 2. The van der Waals surface area contributed by atoms with Gasteiger partial charge in [-0.2, -0.15) is 10.2 Å². The zero-order valence-electron chi connectivity index (χ0n) is 17.7. The standard InChI is InChI=1S/C20H21ClN6O4S/c1-12-5-7-17(13(2)9-12)25-32(30,31)19-10-15(27(28)29)6-8-18(19)23-22-11-16-14(3)24-26(4)20(16)21/h5-11,23,25H,1-4H3/b22-11-. The Morgan fingerprint density at radius 2 is 1.84 bits per heavy atom. The van der Waals surface area contributed by atoms with Crippen molar-refractivity contribution in [1.82, 2.24) is 9.78 Å². The number of hydrogen-bond acceptors (Lipinski definition) is 7. The molecule has 1 heterocycles. The number of hydrogen-bond donors (Lipinski definition) is 2. The maximum atomic E-state index is 13.1. The summed E-state index contributed by atoms with van der Waals surface area (Å²) < 4.78 is 30.2. The maximum absolute atomic E-state index is 13.1. The molecule has 2 N–H and O–H groups in total. The summed E-state index contributed by atoms with van der Waals surface area (Å²) in [6, 6.07) is 8.68. The van der Waals surface area contributed by atoms with Crippen molar-refractivity contribution in [3.63, 3.8) is 0 Å². The third kappa shape index (κ3) is 4.89. The van der Waals surface area contributed by atoms with Crippen molar-refractivity contribution in [3.8, 4) is 0 Å². The monoisotopic (exact) mass is 476 g/mol. The number of nitro benzene ring substituents is 1. The van der Waals surface area contributed by atoms with Gasteiger partial charge in [-0.15, -0.1) is 0 Å². The largest absolute Gasteiger partial charge is 0.279 e. The summed E-state index contributed by atoms with van der Waals surface area (Å²) in [6.07, 6.45) is 1.40. The Hall–Kier alpha value is -3.44. The molecule has 10 nitrogen and oxygen atoms in total. The van der Waals surface area contributed by atoms with E-state index in [1.165, 1.54) is 23.0 Å². The first kappa shape index (κ1) is 23.2. The lowest BCUT2D eigenvalue weighted by atomic mass is 10.1. The normalized spacial score (nSPS) is 11.7. The number of benzene rings is 2. The van der Waals surface area contributed by atoms with Gasteiger partial charge in [-0.05, 0) is 38.5 Å². The molecular formula is C20H21ClN6O4S. The molecule has 0 atom stereocenters. The molecule has 0 spiro atoms. The molecule has 0 bridgehead atoms. The summed E-state index contributed by atoms with van der Waals surface area (Å²) >= 11 is 6.17. The van der Waals surface area contributed by atoms with Crippen molar-refractivity contribution in [2.75, 3.05) is 10.1 Å². The fraction of sp³-hybridized carbons (Fsp3) is 0.200. The number of halogens is 1. The SMILES string of the molecule is Cc1ccc(NS(=O)(=O)c2cc([N+](=O)[O-])ccc2N/N=C\c2c(C)nn(C)c2Cl)c(C)c1. The first-order valence-electron chi connectivity index (χ1n) is 9.36. The first-order chi connectivity index (χ1) is 15.0. The smallest absolute Gasteiger partial charge is 0.270 e. The summed E-state index contributed by atoms with van der Waals surface area (Å²) in [5, 5.41) is 19.8. The molecule has 0 fully saturated rings. The number of aryl methyl sites for hydroxylation is 4. The lowest BCUT2D eigenvalue weighted by molar-refractivity contribution is -0.385. The molecule has 0 unspecified atom stereocenters. The highest BCUT2D eigenvalue weighted by Gasteiger charge is 2.23. The minimum absolute atomic E-state index is 0.0572. The molecule has 0 radical (unpaired) electrons. The van der Waals surface area contributed by atoms with E-state index in [1.807, 2.05) is 13.0 Å². The quantitative estimate of drug-likeness (QED) is 0.299. The third-order valence-corrected chi connectivity index (χ3v) is 6.52. The van der Waals surface area contributed by atoms with Gasteiger partial charge < -0.3 is 0 Å². The van der Waals surface area contributed by atoms with Crippen LogP contribution in [0.5, 0.6) is 0 Å². The summed E-state index contributed by atoms with van der Waals surface area (Å²) in [4.78, 5) is 10.2. The van der Waals surface area contributed by atoms with Crippen molar-refractivity contribution >= 4 is 44.9 Å². The van der Waals surface area contributed by atoms with Crippen LogP contribution in [0.1, 0.15) is 22.4 Å². The topological polar surface area (TPSA) is 132 Å². The highest BCUT2D eigenvalue weighted by molar-refractivity contribution is 7.92. The van der Waals surface area contributed by atoms with Crippen molar-refractivity contribution in [1.29, 1.82) is 0 Å². The summed E-state index contributed by atoms with van der Waals surface area (Å²) in [6.45, 7) is 5.41. The molecule has 3 aromatic rings. The van der Waals surface area contributed by atoms with Gasteiger partial charge in [-0.25, -0.2) is 8.42 Å². The van der Waals surface area contributed by atoms with E-state index in [2.05, 4.69) is 20.3 Å². The summed E-state index contributed by atoms with van der Waals surface area (Å²) in [7, 11) is -2.50. The Kier molecular flexibility index (Phi) is 6.51. The van der Waals surface area contributed by atoms with Crippen LogP contribution in [0.4, 0.5) is 17.1 Å². The van der Waals surface area contributed by atoms with Gasteiger partial charge in [-0.1, -0.05) is 29.3 Å². The van der Waals surface area contributed by atoms with Crippen LogP contribution in [0.3, 0.4) is 0 Å². The molecular weight excluding hydrogens is 456 g/mol. The molecule has 0 aliphatic rings. The van der Waals surface area contributed by atoms with Crippen LogP contribution in [-0.2, 0) is 17.1 Å². The zero-order chi connectivity index (χ0) is 23.6. The van der Waals surface area contributed by atoms with Crippen LogP contribution in [0.15, 0.2) is 46.4 Å². The molecule has 32 heavy (non-hydrogen) atoms. The molecule has 12 heteroatoms. The molecule has 0 saturated carbocycles. The molecule has 2 aromatic carbocycles. The number of sulfonamides is 1. The minimum atomic E-state index is -4.18. The van der Waals surface area contributed by atoms with Crippen molar-refractivity contribution in [2.45, 2.75) is 25.7 Å². The molecule has 0 saturated heterocycles. The third-order valence-electron chi connectivity index (χ3n) is 4.67. The van der Waals surface area contributed by atoms with Crippen LogP contribution < -0.4 is 10.1 Å². The van der Waals surface area contributed by atoms with Gasteiger partial charge in [0.1, 0.15) is 10.0 Å². The molecule has 0 aliphatic carbocycles. The van der Waals surface area contributed by atoms with Gasteiger partial charge in [0.25, 0.3) is 15.7 Å². The fourth-order valence-electron chi connectivity index (χ4n) is 3.03. The summed E-state index contributed by atoms with van der Waals surface area (Å²) in [5.74, 6) is 0. The second-order valence-electron chi connectivity index (χ2n) is 7.14. The number of hydrazone groups is 1. The highest BCUT2D eigenvalue weighted by atomic mass is 35.5. The lowest BCUT2D eigenvalue weighted by Gasteiger charge is -2.14. The van der Waals surface area contributed by atoms with Crippen molar-refractivity contribution in [2.24, 2.45) is 12.1 Å². The van der Waals surface area contributed by atoms with Crippen LogP contribution in [0.25, 0.3) is 0 Å². The number of anilines is 2. The fourth-order valence-corrected chi connectivity index (χ4v) is 4.56. The van der Waals surface area contributed by atoms with Crippen molar-refractivity contribution in [3.05, 3.63) is 74.0 Å². The summed E-state index contributed by atoms with van der Waals surface area (Å²) in [5.41, 5.74) is 5.58. The second-order valence-corrected chi connectivity index (χ2v) is 9.15. The average molecular weight is 477 g/mol. The van der Waals surface area contributed by atoms with E-state index in [-0.39, 0.29) is 16.3 Å². The Morgan fingerprint density at radius 3 is 2.44 bits per heavy atom. The van der Waals surface area contributed by atoms with Gasteiger partial charge in [0.2, 0.25) is 0 Å². The molecule has 168 valence electrons. The molecule has 3 rings (SSSR count). The number of nitrogens with zero attached hydrogens (tertiary/aromatic N) is 4. The predicted octanol–water partition coefficient (Wildman–Crippen LogP) is 4.15. The van der Waals surface area contributed by atoms with E-state index in [1.54, 1.807) is 33.0 Å². The Labute approximate surface area is 190 Å². The van der Waals surface area contributed by atoms with Gasteiger partial charge >= 0.3 is 0 Å². The van der Waals surface area contributed by atoms with Gasteiger partial charge in [0.15, 0.2) is 0 Å². The van der Waals surface area contributed by atoms with E-state index in [0.29, 0.717) is 27.7 Å². The minimum Gasteiger partial charge on any atom is -0.279 e. The zero-order valence-corrected chi connectivity index (χ0v) is 19.3. The predicted molar refractivity (Wildman–Crippen MR) is 124 cm³/mol. The van der Waals surface area contributed by atoms with E-state index >= 15 is 0 Å². The van der Waals surface area contributed by atoms with Crippen molar-refractivity contribution < 1.29 is 13.3 Å². The molecule has 0 amide bonds. The molecule has 1 aromatic heterocycles. The number of nitrogens with one attached hydrogen (secondary N) is 2. The van der Waals surface area contributed by atoms with Gasteiger partial charge in [0.05, 0.1) is 33.8 Å². The van der Waals surface area contributed by atoms with Gasteiger partial charge in [0, 0.05) is 19.2 Å². The van der Waals surface area contributed by atoms with Crippen LogP contribution in [-0.4, -0.2) is 29.3 Å². The van der Waals surface area contributed by atoms with E-state index in [9.17, 15) is 18.5 Å². The Bertz CT molecular complexity index is 1330. The average Bonchev–Trinajstić information content (AvgIpc) is 2.96. The number of non-ortho nitro benzene ring substituents is 1. The Balaban J connectivity index is 1.98. The van der Waals surface area contributed by atoms with E-state index in [0.717, 1.165) is 11.6 Å². The van der Waals surface area contributed by atoms with Crippen LogP contribution in [0.2, 0.25) is 5.15 Å². The van der Waals surface area contributed by atoms with E-state index < -0.39 is 14.9 Å². The maximum Gasteiger partial charge on any atom is 0.270 e. The molecule has 0 aliphatic heterocycles. The Morgan fingerprint density at radius 1 is 1.16 bits per heavy atom. The van der Waals surface area contributed by atoms with E-state index in [4.69, 9.17) is 11.6 Å². The highest BCUT2D eigenvalue weighted by Crippen LogP contribution is 2.29. The number of rotatable bonds is 7. The van der Waals surface area contributed by atoms with Gasteiger partial charge in [-0.3, -0.25) is 24.9 Å². The lowest BCUT2D eigenvalue weighted by Crippen LogP contribution is -2.16. The van der Waals surface area contributed by atoms with Crippen LogP contribution in [0, 0.1) is 30.9 Å². The van der Waals surface area contributed by atoms with Crippen LogP contribution >= 0.6 is 11.6 Å². The first-order valence-corrected chi connectivity index (χ1v) is 11.2. The second kappa shape index (κ2) is 8.97. The number of nitro groups is 1.